The quantitative estimate of drug-likeness (QED) is 0.884. The first-order valence-corrected chi connectivity index (χ1v) is 6.91. The van der Waals surface area contributed by atoms with E-state index in [1.807, 2.05) is 19.1 Å². The van der Waals surface area contributed by atoms with Gasteiger partial charge in [0.25, 0.3) is 5.91 Å². The Hall–Kier alpha value is -1.55. The molecule has 0 aliphatic carbocycles. The number of rotatable bonds is 5. The van der Waals surface area contributed by atoms with Crippen molar-refractivity contribution in [3.63, 3.8) is 0 Å². The Bertz CT molecular complexity index is 433. The normalized spacial score (nSPS) is 18.6. The lowest BCUT2D eigenvalue weighted by atomic mass is 10.1. The Morgan fingerprint density at radius 1 is 1.53 bits per heavy atom. The largest absolute Gasteiger partial charge is 0.494 e. The van der Waals surface area contributed by atoms with Crippen LogP contribution in [0.2, 0.25) is 0 Å². The number of benzene rings is 1. The lowest BCUT2D eigenvalue weighted by Crippen LogP contribution is -2.37. The van der Waals surface area contributed by atoms with Gasteiger partial charge in [0.1, 0.15) is 5.75 Å². The molecule has 1 unspecified atom stereocenters. The number of hydrogen-bond donors (Lipinski definition) is 1. The summed E-state index contributed by atoms with van der Waals surface area (Å²) in [5.74, 6) is 0.714. The van der Waals surface area contributed by atoms with E-state index in [1.165, 1.54) is 0 Å². The molecule has 1 atom stereocenters. The second-order valence-electron chi connectivity index (χ2n) is 4.85. The summed E-state index contributed by atoms with van der Waals surface area (Å²) in [5.41, 5.74) is 0.633. The van der Waals surface area contributed by atoms with Gasteiger partial charge in [0.05, 0.1) is 19.3 Å². The standard InChI is InChI=1S/C15H21NO3/c1-2-9-19-14-7-3-5-12(10-14)15(18)16-8-4-6-13(16)11-17/h3,5,7,10,13,17H,2,4,6,8-9,11H2,1H3. The van der Waals surface area contributed by atoms with Gasteiger partial charge in [-0.05, 0) is 37.5 Å². The minimum absolute atomic E-state index is 0.0153. The number of aliphatic hydroxyl groups is 1. The lowest BCUT2D eigenvalue weighted by molar-refractivity contribution is 0.0677. The van der Waals surface area contributed by atoms with Crippen LogP contribution in [0.25, 0.3) is 0 Å². The average molecular weight is 263 g/mol. The fourth-order valence-electron chi connectivity index (χ4n) is 2.40. The van der Waals surface area contributed by atoms with Crippen molar-refractivity contribution in [3.05, 3.63) is 29.8 Å². The van der Waals surface area contributed by atoms with Crippen molar-refractivity contribution in [2.45, 2.75) is 32.2 Å². The fourth-order valence-corrected chi connectivity index (χ4v) is 2.40. The number of hydrogen-bond acceptors (Lipinski definition) is 3. The van der Waals surface area contributed by atoms with Crippen LogP contribution in [0.5, 0.6) is 5.75 Å². The van der Waals surface area contributed by atoms with Gasteiger partial charge in [-0.2, -0.15) is 0 Å². The van der Waals surface area contributed by atoms with Crippen LogP contribution in [0.4, 0.5) is 0 Å². The first kappa shape index (κ1) is 13.9. The second-order valence-corrected chi connectivity index (χ2v) is 4.85. The summed E-state index contributed by atoms with van der Waals surface area (Å²) in [7, 11) is 0. The van der Waals surface area contributed by atoms with Gasteiger partial charge in [-0.1, -0.05) is 13.0 Å². The smallest absolute Gasteiger partial charge is 0.254 e. The number of carbonyl (C=O) groups excluding carboxylic acids is 1. The van der Waals surface area contributed by atoms with E-state index in [0.717, 1.165) is 31.6 Å². The van der Waals surface area contributed by atoms with Gasteiger partial charge in [-0.25, -0.2) is 0 Å². The predicted octanol–water partition coefficient (Wildman–Crippen LogP) is 2.07. The molecule has 1 aliphatic rings. The van der Waals surface area contributed by atoms with Crippen LogP contribution in [-0.4, -0.2) is 41.7 Å². The molecule has 0 radical (unpaired) electrons. The number of carbonyl (C=O) groups is 1. The van der Waals surface area contributed by atoms with E-state index in [9.17, 15) is 9.90 Å². The van der Waals surface area contributed by atoms with Gasteiger partial charge in [0.2, 0.25) is 0 Å². The Morgan fingerprint density at radius 3 is 3.11 bits per heavy atom. The first-order valence-electron chi connectivity index (χ1n) is 6.91. The molecule has 1 N–H and O–H groups in total. The maximum absolute atomic E-state index is 12.4. The van der Waals surface area contributed by atoms with E-state index in [-0.39, 0.29) is 18.6 Å². The summed E-state index contributed by atoms with van der Waals surface area (Å²) in [4.78, 5) is 14.2. The summed E-state index contributed by atoms with van der Waals surface area (Å²) in [6, 6.07) is 7.24. The molecule has 1 aromatic carbocycles. The van der Waals surface area contributed by atoms with Gasteiger partial charge >= 0.3 is 0 Å². The highest BCUT2D eigenvalue weighted by Gasteiger charge is 2.28. The van der Waals surface area contributed by atoms with E-state index in [0.29, 0.717) is 12.2 Å². The number of likely N-dealkylation sites (tertiary alicyclic amines) is 1. The van der Waals surface area contributed by atoms with Crippen molar-refractivity contribution in [2.24, 2.45) is 0 Å². The molecule has 104 valence electrons. The van der Waals surface area contributed by atoms with Gasteiger partial charge in [-0.3, -0.25) is 4.79 Å². The third-order valence-electron chi connectivity index (χ3n) is 3.40. The Labute approximate surface area is 114 Å². The maximum Gasteiger partial charge on any atom is 0.254 e. The highest BCUT2D eigenvalue weighted by molar-refractivity contribution is 5.95. The summed E-state index contributed by atoms with van der Waals surface area (Å²) in [5, 5.41) is 9.28. The molecular weight excluding hydrogens is 242 g/mol. The van der Waals surface area contributed by atoms with Crippen LogP contribution < -0.4 is 4.74 Å². The molecule has 1 heterocycles. The Balaban J connectivity index is 2.10. The van der Waals surface area contributed by atoms with E-state index < -0.39 is 0 Å². The molecule has 4 nitrogen and oxygen atoms in total. The SMILES string of the molecule is CCCOc1cccc(C(=O)N2CCCC2CO)c1. The van der Waals surface area contributed by atoms with Crippen molar-refractivity contribution >= 4 is 5.91 Å². The Kier molecular flexibility index (Phi) is 4.80. The predicted molar refractivity (Wildman–Crippen MR) is 73.4 cm³/mol. The zero-order valence-corrected chi connectivity index (χ0v) is 11.3. The molecule has 0 saturated carbocycles. The molecule has 2 rings (SSSR count). The summed E-state index contributed by atoms with van der Waals surface area (Å²) >= 11 is 0. The van der Waals surface area contributed by atoms with Crippen LogP contribution in [0.1, 0.15) is 36.5 Å². The van der Waals surface area contributed by atoms with E-state index in [4.69, 9.17) is 4.74 Å². The van der Waals surface area contributed by atoms with Crippen molar-refractivity contribution in [2.75, 3.05) is 19.8 Å². The van der Waals surface area contributed by atoms with Crippen molar-refractivity contribution < 1.29 is 14.6 Å². The van der Waals surface area contributed by atoms with Crippen LogP contribution in [0, 0.1) is 0 Å². The summed E-state index contributed by atoms with van der Waals surface area (Å²) in [6.45, 7) is 3.47. The van der Waals surface area contributed by atoms with Crippen molar-refractivity contribution in [1.29, 1.82) is 0 Å². The molecule has 1 aromatic rings. The molecule has 1 saturated heterocycles. The second kappa shape index (κ2) is 6.57. The van der Waals surface area contributed by atoms with Gasteiger partial charge in [0.15, 0.2) is 0 Å². The third kappa shape index (κ3) is 3.26. The summed E-state index contributed by atoms with van der Waals surface area (Å²) in [6.07, 6.45) is 2.79. The molecule has 0 spiro atoms. The summed E-state index contributed by atoms with van der Waals surface area (Å²) < 4.78 is 5.54. The highest BCUT2D eigenvalue weighted by atomic mass is 16.5. The molecule has 1 aliphatic heterocycles. The zero-order chi connectivity index (χ0) is 13.7. The van der Waals surface area contributed by atoms with Crippen LogP contribution in [0.3, 0.4) is 0 Å². The topological polar surface area (TPSA) is 49.8 Å². The highest BCUT2D eigenvalue weighted by Crippen LogP contribution is 2.21. The molecule has 0 bridgehead atoms. The van der Waals surface area contributed by atoms with Crippen LogP contribution >= 0.6 is 0 Å². The molecule has 1 amide bonds. The van der Waals surface area contributed by atoms with Crippen molar-refractivity contribution in [1.82, 2.24) is 4.90 Å². The number of ether oxygens (including phenoxy) is 1. The molecule has 19 heavy (non-hydrogen) atoms. The molecule has 0 aromatic heterocycles. The third-order valence-corrected chi connectivity index (χ3v) is 3.40. The number of nitrogens with zero attached hydrogens (tertiary/aromatic N) is 1. The van der Waals surface area contributed by atoms with Gasteiger partial charge in [-0.15, -0.1) is 0 Å². The molecular formula is C15H21NO3. The monoisotopic (exact) mass is 263 g/mol. The Morgan fingerprint density at radius 2 is 2.37 bits per heavy atom. The fraction of sp³-hybridized carbons (Fsp3) is 0.533. The minimum Gasteiger partial charge on any atom is -0.494 e. The molecule has 4 heteroatoms. The van der Waals surface area contributed by atoms with Gasteiger partial charge < -0.3 is 14.7 Å². The van der Waals surface area contributed by atoms with E-state index in [2.05, 4.69) is 0 Å². The molecule has 1 fully saturated rings. The maximum atomic E-state index is 12.4. The first-order chi connectivity index (χ1) is 9.26. The van der Waals surface area contributed by atoms with Crippen molar-refractivity contribution in [3.8, 4) is 5.75 Å². The average Bonchev–Trinajstić information content (AvgIpc) is 2.93. The lowest BCUT2D eigenvalue weighted by Gasteiger charge is -2.23. The van der Waals surface area contributed by atoms with E-state index in [1.54, 1.807) is 17.0 Å². The van der Waals surface area contributed by atoms with E-state index >= 15 is 0 Å². The number of amides is 1. The zero-order valence-electron chi connectivity index (χ0n) is 11.3. The number of aliphatic hydroxyl groups excluding tert-OH is 1. The van der Waals surface area contributed by atoms with Gasteiger partial charge in [0, 0.05) is 12.1 Å². The minimum atomic E-state index is -0.0345. The van der Waals surface area contributed by atoms with Crippen LogP contribution in [-0.2, 0) is 0 Å². The van der Waals surface area contributed by atoms with Crippen LogP contribution in [0.15, 0.2) is 24.3 Å².